The number of aromatic nitrogens is 2. The van der Waals surface area contributed by atoms with Gasteiger partial charge in [-0.05, 0) is 81.9 Å². The number of carbonyl (C=O) groups excluding carboxylic acids is 2. The van der Waals surface area contributed by atoms with E-state index in [9.17, 15) is 22.8 Å². The molecule has 7 nitrogen and oxygen atoms in total. The van der Waals surface area contributed by atoms with Gasteiger partial charge in [-0.3, -0.25) is 9.59 Å². The molecule has 0 radical (unpaired) electrons. The number of hydrogen-bond acceptors (Lipinski definition) is 6. The minimum Gasteiger partial charge on any atom is -0.438 e. The number of fused-ring (bicyclic) bond motifs is 1. The molecule has 1 aromatic carbocycles. The van der Waals surface area contributed by atoms with Crippen LogP contribution in [0.2, 0.25) is 0 Å². The molecule has 10 heteroatoms. The van der Waals surface area contributed by atoms with Crippen LogP contribution < -0.4 is 5.32 Å². The number of alkyl halides is 3. The van der Waals surface area contributed by atoms with Crippen LogP contribution in [0.25, 0.3) is 22.2 Å². The molecule has 1 saturated heterocycles. The number of nitrogens with zero attached hydrogens (tertiary/aromatic N) is 3. The Morgan fingerprint density at radius 1 is 1.15 bits per heavy atom. The number of unbranched alkanes of at least 4 members (excludes halogenated alkanes) is 2. The predicted octanol–water partition coefficient (Wildman–Crippen LogP) is 6.73. The van der Waals surface area contributed by atoms with E-state index in [4.69, 9.17) is 4.42 Å². The molecule has 1 spiro atoms. The lowest BCUT2D eigenvalue weighted by Gasteiger charge is -2.30. The molecule has 0 bridgehead atoms. The Hall–Kier alpha value is -3.27. The van der Waals surface area contributed by atoms with Gasteiger partial charge in [-0.1, -0.05) is 25.8 Å². The molecule has 41 heavy (non-hydrogen) atoms. The summed E-state index contributed by atoms with van der Waals surface area (Å²) in [7, 11) is 2.11. The molecule has 1 aliphatic heterocycles. The van der Waals surface area contributed by atoms with Crippen LogP contribution in [0.15, 0.2) is 40.9 Å². The number of Topliss-reactive ketones (excluding diaryl/α,β-unsaturated/α-hetero) is 1. The first-order chi connectivity index (χ1) is 19.6. The van der Waals surface area contributed by atoms with E-state index in [-0.39, 0.29) is 28.5 Å². The van der Waals surface area contributed by atoms with Crippen LogP contribution in [-0.2, 0) is 15.8 Å². The molecule has 3 heterocycles. The quantitative estimate of drug-likeness (QED) is 0.257. The number of amides is 1. The van der Waals surface area contributed by atoms with Gasteiger partial charge >= 0.3 is 6.18 Å². The van der Waals surface area contributed by atoms with E-state index in [1.54, 1.807) is 18.3 Å². The van der Waals surface area contributed by atoms with Gasteiger partial charge in [-0.15, -0.1) is 0 Å². The van der Waals surface area contributed by atoms with Crippen LogP contribution in [0.3, 0.4) is 0 Å². The van der Waals surface area contributed by atoms with Crippen molar-refractivity contribution >= 4 is 22.6 Å². The van der Waals surface area contributed by atoms with Crippen LogP contribution in [-0.4, -0.2) is 46.7 Å². The summed E-state index contributed by atoms with van der Waals surface area (Å²) in [6.07, 6.45) is 4.28. The van der Waals surface area contributed by atoms with Gasteiger partial charge in [-0.2, -0.15) is 13.2 Å². The van der Waals surface area contributed by atoms with E-state index in [0.29, 0.717) is 41.9 Å². The highest BCUT2D eigenvalue weighted by atomic mass is 19.4. The molecule has 2 aliphatic rings. The largest absolute Gasteiger partial charge is 0.438 e. The lowest BCUT2D eigenvalue weighted by molar-refractivity contribution is -0.141. The van der Waals surface area contributed by atoms with Crippen LogP contribution in [0, 0.1) is 11.3 Å². The smallest absolute Gasteiger partial charge is 0.433 e. The number of benzene rings is 1. The van der Waals surface area contributed by atoms with Crippen molar-refractivity contribution in [3.05, 3.63) is 48.1 Å². The Morgan fingerprint density at radius 3 is 2.66 bits per heavy atom. The number of pyridine rings is 1. The maximum absolute atomic E-state index is 13.4. The summed E-state index contributed by atoms with van der Waals surface area (Å²) in [5, 5.41) is 3.76. The van der Waals surface area contributed by atoms with Crippen molar-refractivity contribution in [2.45, 2.75) is 76.9 Å². The van der Waals surface area contributed by atoms with Gasteiger partial charge in [0.15, 0.2) is 5.76 Å². The maximum atomic E-state index is 13.4. The zero-order chi connectivity index (χ0) is 29.2. The van der Waals surface area contributed by atoms with E-state index in [1.165, 1.54) is 12.1 Å². The molecule has 2 atom stereocenters. The fourth-order valence-electron chi connectivity index (χ4n) is 5.91. The van der Waals surface area contributed by atoms with Crippen molar-refractivity contribution in [2.75, 3.05) is 20.1 Å². The average Bonchev–Trinajstić information content (AvgIpc) is 3.43. The summed E-state index contributed by atoms with van der Waals surface area (Å²) in [6, 6.07) is 6.87. The van der Waals surface area contributed by atoms with Gasteiger partial charge in [0.25, 0.3) is 0 Å². The van der Waals surface area contributed by atoms with Crippen molar-refractivity contribution in [1.82, 2.24) is 20.2 Å². The molecule has 1 saturated carbocycles. The molecule has 1 N–H and O–H groups in total. The molecule has 1 amide bonds. The third kappa shape index (κ3) is 6.80. The molecule has 220 valence electrons. The second-order valence-corrected chi connectivity index (χ2v) is 11.6. The van der Waals surface area contributed by atoms with Crippen LogP contribution in [0.1, 0.15) is 82.3 Å². The predicted molar refractivity (Wildman–Crippen MR) is 149 cm³/mol. The minimum atomic E-state index is -4.51. The molecule has 2 fully saturated rings. The van der Waals surface area contributed by atoms with E-state index in [1.807, 2.05) is 6.92 Å². The van der Waals surface area contributed by atoms with Gasteiger partial charge < -0.3 is 14.6 Å². The molecule has 5 rings (SSSR count). The van der Waals surface area contributed by atoms with Crippen molar-refractivity contribution in [1.29, 1.82) is 0 Å². The van der Waals surface area contributed by atoms with E-state index in [2.05, 4.69) is 27.2 Å². The van der Waals surface area contributed by atoms with Crippen molar-refractivity contribution < 1.29 is 27.2 Å². The lowest BCUT2D eigenvalue weighted by atomic mass is 9.91. The second-order valence-electron chi connectivity index (χ2n) is 11.6. The highest BCUT2D eigenvalue weighted by Crippen LogP contribution is 2.59. The fraction of sp³-hybridized carbons (Fsp3) is 0.548. The summed E-state index contributed by atoms with van der Waals surface area (Å²) in [4.78, 5) is 35.6. The number of hydrogen-bond donors (Lipinski definition) is 1. The summed E-state index contributed by atoms with van der Waals surface area (Å²) in [6.45, 7) is 3.88. The Morgan fingerprint density at radius 2 is 1.93 bits per heavy atom. The Kier molecular flexibility index (Phi) is 8.50. The number of rotatable bonds is 11. The van der Waals surface area contributed by atoms with E-state index >= 15 is 0 Å². The van der Waals surface area contributed by atoms with Gasteiger partial charge in [0.1, 0.15) is 17.5 Å². The number of ketones is 1. The maximum Gasteiger partial charge on any atom is 0.433 e. The Balaban J connectivity index is 1.30. The number of oxazole rings is 1. The average molecular weight is 571 g/mol. The topological polar surface area (TPSA) is 88.3 Å². The first-order valence-corrected chi connectivity index (χ1v) is 14.5. The van der Waals surface area contributed by atoms with Crippen LogP contribution >= 0.6 is 0 Å². The number of nitrogens with one attached hydrogen (secondary N) is 1. The zero-order valence-electron chi connectivity index (χ0n) is 23.6. The molecule has 3 aromatic rings. The number of carbonyl (C=O) groups is 2. The summed E-state index contributed by atoms with van der Waals surface area (Å²) < 4.78 is 45.3. The van der Waals surface area contributed by atoms with Crippen molar-refractivity contribution in [2.24, 2.45) is 11.3 Å². The normalized spacial score (nSPS) is 19.4. The van der Waals surface area contributed by atoms with Gasteiger partial charge in [0.2, 0.25) is 11.8 Å². The van der Waals surface area contributed by atoms with E-state index < -0.39 is 17.9 Å². The van der Waals surface area contributed by atoms with Crippen LogP contribution in [0.5, 0.6) is 0 Å². The monoisotopic (exact) mass is 570 g/mol. The summed E-state index contributed by atoms with van der Waals surface area (Å²) >= 11 is 0. The fourth-order valence-corrected chi connectivity index (χ4v) is 5.91. The Labute approximate surface area is 237 Å². The summed E-state index contributed by atoms with van der Waals surface area (Å²) in [5.41, 5.74) is 0.0693. The number of likely N-dealkylation sites (tertiary alicyclic amines) is 1. The molecule has 2 aromatic heterocycles. The molecular formula is C31H37F3N4O3. The van der Waals surface area contributed by atoms with Gasteiger partial charge in [-0.25, -0.2) is 9.97 Å². The van der Waals surface area contributed by atoms with E-state index in [0.717, 1.165) is 57.7 Å². The Bertz CT molecular complexity index is 1390. The number of piperidine rings is 1. The standard InChI is InChI=1S/C31H37F3N4O3/c1-3-22(39)7-5-4-6-8-25(37-28(40)23-18-30(23)13-15-38(2)16-14-30)29-35-19-26(41-29)21-9-11-24-20(17-21)10-12-27(36-24)31(32,33)34/h9-12,17,19,23,25H,3-8,13-16,18H2,1-2H3,(H,37,40)/t23-,25?/m1/s1. The highest BCUT2D eigenvalue weighted by molar-refractivity contribution is 5.84. The first-order valence-electron chi connectivity index (χ1n) is 14.5. The van der Waals surface area contributed by atoms with Crippen LogP contribution in [0.4, 0.5) is 13.2 Å². The third-order valence-corrected chi connectivity index (χ3v) is 8.73. The SMILES string of the molecule is CCC(=O)CCCCCC(NC(=O)[C@H]1CC12CCN(C)CC2)c1ncc(-c2ccc3nc(C(F)(F)F)ccc3c2)o1. The third-order valence-electron chi connectivity index (χ3n) is 8.73. The summed E-state index contributed by atoms with van der Waals surface area (Å²) in [5.74, 6) is 1.17. The number of halogens is 3. The van der Waals surface area contributed by atoms with Crippen molar-refractivity contribution in [3.63, 3.8) is 0 Å². The molecular weight excluding hydrogens is 533 g/mol. The zero-order valence-corrected chi connectivity index (χ0v) is 23.6. The second kappa shape index (κ2) is 11.9. The van der Waals surface area contributed by atoms with Gasteiger partial charge in [0.05, 0.1) is 11.7 Å². The van der Waals surface area contributed by atoms with Gasteiger partial charge in [0, 0.05) is 29.7 Å². The van der Waals surface area contributed by atoms with Crippen molar-refractivity contribution in [3.8, 4) is 11.3 Å². The molecule has 1 unspecified atom stereocenters. The highest BCUT2D eigenvalue weighted by Gasteiger charge is 2.58. The molecule has 1 aliphatic carbocycles. The first kappa shape index (κ1) is 29.2. The minimum absolute atomic E-state index is 0.00452. The lowest BCUT2D eigenvalue weighted by Crippen LogP contribution is -2.36.